The number of anilines is 1. The monoisotopic (exact) mass is 322 g/mol. The zero-order valence-electron chi connectivity index (χ0n) is 13.5. The van der Waals surface area contributed by atoms with Gasteiger partial charge in [-0.3, -0.25) is 9.69 Å². The number of amides is 2. The highest BCUT2D eigenvalue weighted by Crippen LogP contribution is 2.49. The first kappa shape index (κ1) is 14.8. The van der Waals surface area contributed by atoms with E-state index in [9.17, 15) is 9.59 Å². The van der Waals surface area contributed by atoms with E-state index in [2.05, 4.69) is 5.32 Å². The molecule has 24 heavy (non-hydrogen) atoms. The Balaban J connectivity index is 1.92. The highest BCUT2D eigenvalue weighted by molar-refractivity contribution is 5.98. The topological polar surface area (TPSA) is 58.6 Å². The summed E-state index contributed by atoms with van der Waals surface area (Å²) in [6, 6.07) is 16.2. The highest BCUT2D eigenvalue weighted by atomic mass is 16.5. The maximum atomic E-state index is 12.8. The van der Waals surface area contributed by atoms with Crippen molar-refractivity contribution in [2.45, 2.75) is 25.6 Å². The van der Waals surface area contributed by atoms with E-state index < -0.39 is 11.6 Å². The molecule has 0 saturated carbocycles. The average molecular weight is 322 g/mol. The van der Waals surface area contributed by atoms with Gasteiger partial charge in [-0.05, 0) is 32.0 Å². The van der Waals surface area contributed by atoms with E-state index in [1.807, 2.05) is 61.5 Å². The van der Waals surface area contributed by atoms with Gasteiger partial charge in [-0.2, -0.15) is 0 Å². The second-order valence-electron chi connectivity index (χ2n) is 6.38. The van der Waals surface area contributed by atoms with Gasteiger partial charge in [-0.15, -0.1) is 0 Å². The van der Waals surface area contributed by atoms with E-state index in [1.165, 1.54) is 0 Å². The summed E-state index contributed by atoms with van der Waals surface area (Å²) in [5.74, 6) is 0.187. The molecule has 2 aromatic carbocycles. The molecule has 0 aromatic heterocycles. The summed E-state index contributed by atoms with van der Waals surface area (Å²) in [6.07, 6.45) is 0. The molecule has 0 radical (unpaired) electrons. The molecule has 1 N–H and O–H groups in total. The van der Waals surface area contributed by atoms with Gasteiger partial charge in [0, 0.05) is 11.3 Å². The zero-order chi connectivity index (χ0) is 16.9. The predicted octanol–water partition coefficient (Wildman–Crippen LogP) is 3.27. The Bertz CT molecular complexity index is 820. The van der Waals surface area contributed by atoms with Crippen molar-refractivity contribution >= 4 is 17.5 Å². The first-order valence-corrected chi connectivity index (χ1v) is 7.96. The van der Waals surface area contributed by atoms with Crippen molar-refractivity contribution in [1.29, 1.82) is 0 Å². The molecular formula is C19H18N2O3. The Morgan fingerprint density at radius 3 is 2.50 bits per heavy atom. The van der Waals surface area contributed by atoms with E-state index in [-0.39, 0.29) is 17.9 Å². The Labute approximate surface area is 140 Å². The number of hydrogen-bond donors (Lipinski definition) is 1. The van der Waals surface area contributed by atoms with E-state index in [1.54, 1.807) is 11.8 Å². The molecular weight excluding hydrogens is 304 g/mol. The molecule has 4 rings (SSSR count). The lowest BCUT2D eigenvalue weighted by Gasteiger charge is -2.54. The number of carbonyl (C=O) groups excluding carboxylic acids is 2. The molecule has 2 bridgehead atoms. The van der Waals surface area contributed by atoms with Crippen LogP contribution in [0.15, 0.2) is 54.6 Å². The number of para-hydroxylation sites is 2. The minimum absolute atomic E-state index is 0.0158. The Hall–Kier alpha value is -2.82. The van der Waals surface area contributed by atoms with Crippen molar-refractivity contribution in [3.05, 3.63) is 60.2 Å². The molecule has 5 nitrogen and oxygen atoms in total. The fourth-order valence-electron chi connectivity index (χ4n) is 3.91. The largest absolute Gasteiger partial charge is 0.467 e. The van der Waals surface area contributed by atoms with Crippen LogP contribution >= 0.6 is 0 Å². The van der Waals surface area contributed by atoms with Gasteiger partial charge in [0.1, 0.15) is 17.5 Å². The molecule has 3 unspecified atom stereocenters. The predicted molar refractivity (Wildman–Crippen MR) is 89.8 cm³/mol. The molecule has 0 aliphatic carbocycles. The van der Waals surface area contributed by atoms with Gasteiger partial charge in [0.05, 0.1) is 6.04 Å². The summed E-state index contributed by atoms with van der Waals surface area (Å²) < 4.78 is 6.25. The number of ether oxygens (including phenoxy) is 1. The normalized spacial score (nSPS) is 27.8. The summed E-state index contributed by atoms with van der Waals surface area (Å²) in [6.45, 7) is 3.36. The summed E-state index contributed by atoms with van der Waals surface area (Å²) in [7, 11) is 0. The minimum atomic E-state index is -1.07. The van der Waals surface area contributed by atoms with Crippen LogP contribution in [0.3, 0.4) is 0 Å². The van der Waals surface area contributed by atoms with E-state index in [0.717, 1.165) is 5.56 Å². The molecule has 2 aliphatic heterocycles. The number of fused-ring (bicyclic) bond motifs is 4. The summed E-state index contributed by atoms with van der Waals surface area (Å²) in [5.41, 5.74) is 0.465. The van der Waals surface area contributed by atoms with Crippen molar-refractivity contribution < 1.29 is 14.3 Å². The van der Waals surface area contributed by atoms with Gasteiger partial charge in [-0.1, -0.05) is 36.4 Å². The number of carbonyl (C=O) groups is 2. The van der Waals surface area contributed by atoms with Crippen LogP contribution in [0.1, 0.15) is 25.5 Å². The second kappa shape index (κ2) is 5.09. The van der Waals surface area contributed by atoms with Crippen molar-refractivity contribution in [3.8, 4) is 5.75 Å². The third-order valence-electron chi connectivity index (χ3n) is 4.86. The van der Waals surface area contributed by atoms with Gasteiger partial charge in [0.15, 0.2) is 5.72 Å². The van der Waals surface area contributed by atoms with Crippen LogP contribution in [0.5, 0.6) is 5.75 Å². The van der Waals surface area contributed by atoms with Gasteiger partial charge in [0.25, 0.3) is 0 Å². The van der Waals surface area contributed by atoms with Crippen molar-refractivity contribution in [1.82, 2.24) is 5.32 Å². The number of benzene rings is 2. The molecule has 2 aromatic rings. The van der Waals surface area contributed by atoms with Gasteiger partial charge in [0.2, 0.25) is 0 Å². The van der Waals surface area contributed by atoms with Gasteiger partial charge < -0.3 is 10.1 Å². The highest BCUT2D eigenvalue weighted by Gasteiger charge is 2.58. The molecule has 122 valence electrons. The Kier molecular flexibility index (Phi) is 3.13. The lowest BCUT2D eigenvalue weighted by Crippen LogP contribution is -2.71. The van der Waals surface area contributed by atoms with Crippen molar-refractivity contribution in [2.24, 2.45) is 5.92 Å². The first-order valence-electron chi connectivity index (χ1n) is 7.96. The first-order chi connectivity index (χ1) is 11.5. The number of hydrogen-bond acceptors (Lipinski definition) is 3. The third-order valence-corrected chi connectivity index (χ3v) is 4.86. The fraction of sp³-hybridized carbons (Fsp3) is 0.263. The standard InChI is InChI=1S/C19H18N2O3/c1-12(22)16-17-14-10-6-7-11-15(14)24-19(16,2)21(18(23)20-17)13-8-4-3-5-9-13/h3-11,16-17H,1-2H3,(H,20,23). The summed E-state index contributed by atoms with van der Waals surface area (Å²) >= 11 is 0. The molecule has 0 spiro atoms. The minimum Gasteiger partial charge on any atom is -0.467 e. The Morgan fingerprint density at radius 1 is 1.12 bits per heavy atom. The molecule has 1 fully saturated rings. The number of Topliss-reactive ketones (excluding diaryl/α,β-unsaturated/α-hetero) is 1. The molecule has 3 atom stereocenters. The number of rotatable bonds is 2. The molecule has 1 saturated heterocycles. The van der Waals surface area contributed by atoms with Crippen molar-refractivity contribution in [3.63, 3.8) is 0 Å². The summed E-state index contributed by atoms with van der Waals surface area (Å²) in [5, 5.41) is 3.00. The second-order valence-corrected chi connectivity index (χ2v) is 6.38. The Morgan fingerprint density at radius 2 is 1.79 bits per heavy atom. The lowest BCUT2D eigenvalue weighted by atomic mass is 9.77. The van der Waals surface area contributed by atoms with Crippen LogP contribution in [-0.4, -0.2) is 17.5 Å². The maximum Gasteiger partial charge on any atom is 0.325 e. The zero-order valence-corrected chi connectivity index (χ0v) is 13.5. The molecule has 2 amide bonds. The van der Waals surface area contributed by atoms with Crippen LogP contribution in [0.2, 0.25) is 0 Å². The molecule has 2 heterocycles. The van der Waals surface area contributed by atoms with Crippen molar-refractivity contribution in [2.75, 3.05) is 4.90 Å². The number of nitrogens with zero attached hydrogens (tertiary/aromatic N) is 1. The lowest BCUT2D eigenvalue weighted by molar-refractivity contribution is -0.131. The quantitative estimate of drug-likeness (QED) is 0.923. The van der Waals surface area contributed by atoms with Crippen LogP contribution in [-0.2, 0) is 4.79 Å². The summed E-state index contributed by atoms with van der Waals surface area (Å²) in [4.78, 5) is 26.8. The SMILES string of the molecule is CC(=O)C1C2NC(=O)N(c3ccccc3)C1(C)Oc1ccccc12. The van der Waals surface area contributed by atoms with Gasteiger partial charge in [-0.25, -0.2) is 4.79 Å². The van der Waals surface area contributed by atoms with Gasteiger partial charge >= 0.3 is 6.03 Å². The number of nitrogens with one attached hydrogen (secondary N) is 1. The van der Waals surface area contributed by atoms with Crippen LogP contribution < -0.4 is 15.0 Å². The van der Waals surface area contributed by atoms with E-state index in [0.29, 0.717) is 11.4 Å². The number of urea groups is 1. The number of ketones is 1. The fourth-order valence-corrected chi connectivity index (χ4v) is 3.91. The van der Waals surface area contributed by atoms with E-state index in [4.69, 9.17) is 4.74 Å². The third kappa shape index (κ3) is 1.94. The smallest absolute Gasteiger partial charge is 0.325 e. The van der Waals surface area contributed by atoms with Crippen LogP contribution in [0, 0.1) is 5.92 Å². The van der Waals surface area contributed by atoms with Crippen LogP contribution in [0.4, 0.5) is 10.5 Å². The maximum absolute atomic E-state index is 12.8. The van der Waals surface area contributed by atoms with Crippen LogP contribution in [0.25, 0.3) is 0 Å². The molecule has 2 aliphatic rings. The average Bonchev–Trinajstić information content (AvgIpc) is 2.54. The van der Waals surface area contributed by atoms with E-state index >= 15 is 0 Å². The molecule has 5 heteroatoms.